The Bertz CT molecular complexity index is 432. The molecule has 0 aliphatic heterocycles. The van der Waals surface area contributed by atoms with Crippen molar-refractivity contribution in [1.82, 2.24) is 4.98 Å². The summed E-state index contributed by atoms with van der Waals surface area (Å²) in [6.07, 6.45) is 9.73. The maximum absolute atomic E-state index is 3.37. The van der Waals surface area contributed by atoms with E-state index in [1.54, 1.807) is 0 Å². The average molecular weight is 159 g/mol. The molecule has 62 valence electrons. The number of hydrogen-bond acceptors (Lipinski definition) is 0. The maximum Gasteiger partial charge on any atom is 0.0455 e. The van der Waals surface area contributed by atoms with Gasteiger partial charge in [-0.3, -0.25) is 0 Å². The molecule has 0 aromatic carbocycles. The Hall–Kier alpha value is -1.24. The molecule has 0 spiro atoms. The number of hydrogen-bond donors (Lipinski definition) is 1. The maximum atomic E-state index is 3.37. The predicted octanol–water partition coefficient (Wildman–Crippen LogP) is 1.15. The second kappa shape index (κ2) is 2.67. The molecule has 1 heterocycles. The van der Waals surface area contributed by atoms with Crippen molar-refractivity contribution >= 4 is 12.2 Å². The molecule has 1 aromatic rings. The molecule has 2 rings (SSSR count). The van der Waals surface area contributed by atoms with Gasteiger partial charge in [-0.1, -0.05) is 18.2 Å². The number of rotatable bonds is 0. The SMILES string of the molecule is Cc1[nH]c2c(c1C)=CCC=CC=2. The molecule has 0 saturated carbocycles. The van der Waals surface area contributed by atoms with E-state index in [1.165, 1.54) is 21.8 Å². The normalized spacial score (nSPS) is 14.5. The van der Waals surface area contributed by atoms with Crippen LogP contribution in [0.3, 0.4) is 0 Å². The predicted molar refractivity (Wildman–Crippen MR) is 52.2 cm³/mol. The zero-order valence-corrected chi connectivity index (χ0v) is 7.52. The molecule has 0 atom stereocenters. The first-order chi connectivity index (χ1) is 5.79. The molecule has 1 nitrogen and oxygen atoms in total. The molecule has 1 aromatic heterocycles. The summed E-state index contributed by atoms with van der Waals surface area (Å²) >= 11 is 0. The number of aromatic nitrogens is 1. The van der Waals surface area contributed by atoms with Gasteiger partial charge in [0.1, 0.15) is 0 Å². The lowest BCUT2D eigenvalue weighted by Gasteiger charge is -1.85. The van der Waals surface area contributed by atoms with Gasteiger partial charge in [0.2, 0.25) is 0 Å². The van der Waals surface area contributed by atoms with Gasteiger partial charge in [0, 0.05) is 11.0 Å². The molecular formula is C11H13N. The highest BCUT2D eigenvalue weighted by Gasteiger charge is 1.98. The minimum absolute atomic E-state index is 1.04. The van der Waals surface area contributed by atoms with Gasteiger partial charge in [-0.25, -0.2) is 0 Å². The first-order valence-corrected chi connectivity index (χ1v) is 4.31. The third-order valence-corrected chi connectivity index (χ3v) is 2.44. The van der Waals surface area contributed by atoms with Crippen LogP contribution in [0.4, 0.5) is 0 Å². The van der Waals surface area contributed by atoms with Crippen LogP contribution < -0.4 is 10.6 Å². The second-order valence-corrected chi connectivity index (χ2v) is 3.24. The Kier molecular flexibility index (Phi) is 1.65. The van der Waals surface area contributed by atoms with E-state index in [2.05, 4.69) is 43.1 Å². The largest absolute Gasteiger partial charge is 0.358 e. The third-order valence-electron chi connectivity index (χ3n) is 2.44. The Balaban J connectivity index is 2.86. The van der Waals surface area contributed by atoms with E-state index in [9.17, 15) is 0 Å². The highest BCUT2D eigenvalue weighted by Crippen LogP contribution is 1.96. The summed E-state index contributed by atoms with van der Waals surface area (Å²) < 4.78 is 0. The Morgan fingerprint density at radius 1 is 1.33 bits per heavy atom. The van der Waals surface area contributed by atoms with Crippen LogP contribution in [0.25, 0.3) is 12.2 Å². The van der Waals surface area contributed by atoms with Crippen molar-refractivity contribution in [3.63, 3.8) is 0 Å². The van der Waals surface area contributed by atoms with Crippen LogP contribution in [0.2, 0.25) is 0 Å². The quantitative estimate of drug-likeness (QED) is 0.584. The molecular weight excluding hydrogens is 146 g/mol. The van der Waals surface area contributed by atoms with Gasteiger partial charge in [-0.2, -0.15) is 0 Å². The van der Waals surface area contributed by atoms with E-state index < -0.39 is 0 Å². The molecule has 1 heteroatoms. The van der Waals surface area contributed by atoms with Crippen molar-refractivity contribution in [2.45, 2.75) is 20.3 Å². The van der Waals surface area contributed by atoms with E-state index in [0.717, 1.165) is 6.42 Å². The van der Waals surface area contributed by atoms with Gasteiger partial charge in [0.15, 0.2) is 0 Å². The average Bonchev–Trinajstić information content (AvgIpc) is 2.30. The monoisotopic (exact) mass is 159 g/mol. The van der Waals surface area contributed by atoms with Crippen molar-refractivity contribution in [1.29, 1.82) is 0 Å². The van der Waals surface area contributed by atoms with Gasteiger partial charge in [0.05, 0.1) is 0 Å². The lowest BCUT2D eigenvalue weighted by molar-refractivity contribution is 1.20. The van der Waals surface area contributed by atoms with Gasteiger partial charge >= 0.3 is 0 Å². The number of fused-ring (bicyclic) bond motifs is 1. The fraction of sp³-hybridized carbons (Fsp3) is 0.273. The number of aromatic amines is 1. The minimum Gasteiger partial charge on any atom is -0.358 e. The van der Waals surface area contributed by atoms with E-state index in [0.29, 0.717) is 0 Å². The number of aryl methyl sites for hydroxylation is 1. The summed E-state index contributed by atoms with van der Waals surface area (Å²) in [6.45, 7) is 4.29. The molecule has 12 heavy (non-hydrogen) atoms. The van der Waals surface area contributed by atoms with Crippen molar-refractivity contribution in [3.05, 3.63) is 34.0 Å². The summed E-state index contributed by atoms with van der Waals surface area (Å²) in [7, 11) is 0. The van der Waals surface area contributed by atoms with E-state index in [-0.39, 0.29) is 0 Å². The van der Waals surface area contributed by atoms with Crippen LogP contribution in [-0.2, 0) is 0 Å². The number of H-pyrrole nitrogens is 1. The third kappa shape index (κ3) is 1.02. The first-order valence-electron chi connectivity index (χ1n) is 4.31. The summed E-state index contributed by atoms with van der Waals surface area (Å²) in [6, 6.07) is 0. The van der Waals surface area contributed by atoms with Crippen LogP contribution in [-0.4, -0.2) is 4.98 Å². The summed E-state index contributed by atoms with van der Waals surface area (Å²) in [4.78, 5) is 3.37. The van der Waals surface area contributed by atoms with Gasteiger partial charge in [0.25, 0.3) is 0 Å². The van der Waals surface area contributed by atoms with Crippen molar-refractivity contribution in [2.75, 3.05) is 0 Å². The van der Waals surface area contributed by atoms with Crippen molar-refractivity contribution in [2.24, 2.45) is 0 Å². The Labute approximate surface area is 72.1 Å². The summed E-state index contributed by atoms with van der Waals surface area (Å²) in [5, 5.41) is 2.62. The van der Waals surface area contributed by atoms with Crippen LogP contribution in [0.1, 0.15) is 17.7 Å². The molecule has 0 bridgehead atoms. The van der Waals surface area contributed by atoms with Crippen molar-refractivity contribution < 1.29 is 0 Å². The van der Waals surface area contributed by atoms with Crippen LogP contribution >= 0.6 is 0 Å². The van der Waals surface area contributed by atoms with Crippen LogP contribution in [0.5, 0.6) is 0 Å². The lowest BCUT2D eigenvalue weighted by atomic mass is 10.2. The number of allylic oxidation sites excluding steroid dienone is 2. The lowest BCUT2D eigenvalue weighted by Crippen LogP contribution is -2.22. The van der Waals surface area contributed by atoms with E-state index in [4.69, 9.17) is 0 Å². The minimum atomic E-state index is 1.04. The van der Waals surface area contributed by atoms with Crippen LogP contribution in [0, 0.1) is 13.8 Å². The summed E-state index contributed by atoms with van der Waals surface area (Å²) in [5.41, 5.74) is 2.66. The fourth-order valence-corrected chi connectivity index (χ4v) is 1.59. The molecule has 1 aliphatic carbocycles. The first kappa shape index (κ1) is 7.41. The van der Waals surface area contributed by atoms with Crippen molar-refractivity contribution in [3.8, 4) is 0 Å². The zero-order valence-electron chi connectivity index (χ0n) is 7.52. The Morgan fingerprint density at radius 3 is 3.00 bits per heavy atom. The molecule has 1 aliphatic rings. The molecule has 1 N–H and O–H groups in total. The topological polar surface area (TPSA) is 15.8 Å². The summed E-state index contributed by atoms with van der Waals surface area (Å²) in [5.74, 6) is 0. The highest BCUT2D eigenvalue weighted by molar-refractivity contribution is 5.45. The van der Waals surface area contributed by atoms with Gasteiger partial charge < -0.3 is 4.98 Å². The standard InChI is InChI=1S/C11H13N/c1-8-9(2)12-11-7-5-3-4-6-10(8)11/h3,5-7,12H,4H2,1-2H3. The van der Waals surface area contributed by atoms with Gasteiger partial charge in [-0.15, -0.1) is 0 Å². The molecule has 0 saturated heterocycles. The highest BCUT2D eigenvalue weighted by atomic mass is 14.7. The molecule has 0 amide bonds. The number of nitrogens with one attached hydrogen (secondary N) is 1. The smallest absolute Gasteiger partial charge is 0.0455 e. The zero-order chi connectivity index (χ0) is 8.55. The fourth-order valence-electron chi connectivity index (χ4n) is 1.59. The molecule has 0 unspecified atom stereocenters. The van der Waals surface area contributed by atoms with E-state index in [1.807, 2.05) is 0 Å². The van der Waals surface area contributed by atoms with E-state index >= 15 is 0 Å². The van der Waals surface area contributed by atoms with Crippen LogP contribution in [0.15, 0.2) is 12.2 Å². The Morgan fingerprint density at radius 2 is 2.17 bits per heavy atom. The molecule has 0 radical (unpaired) electrons. The van der Waals surface area contributed by atoms with Gasteiger partial charge in [-0.05, 0) is 37.1 Å². The molecule has 0 fully saturated rings. The second-order valence-electron chi connectivity index (χ2n) is 3.24.